The first-order valence-electron chi connectivity index (χ1n) is 10.7. The molecule has 4 rings (SSSR count). The number of nitrogens with one attached hydrogen (secondary N) is 1. The van der Waals surface area contributed by atoms with Gasteiger partial charge in [0.2, 0.25) is 0 Å². The topological polar surface area (TPSA) is 76.0 Å². The zero-order valence-corrected chi connectivity index (χ0v) is 18.4. The van der Waals surface area contributed by atoms with E-state index in [9.17, 15) is 13.6 Å². The largest absolute Gasteiger partial charge is 0.492 e. The molecule has 3 aromatic rings. The van der Waals surface area contributed by atoms with Crippen molar-refractivity contribution in [3.8, 4) is 22.7 Å². The van der Waals surface area contributed by atoms with Crippen molar-refractivity contribution in [1.82, 2.24) is 24.9 Å². The highest BCUT2D eigenvalue weighted by molar-refractivity contribution is 5.65. The first-order valence-corrected chi connectivity index (χ1v) is 10.7. The summed E-state index contributed by atoms with van der Waals surface area (Å²) >= 11 is 0. The third-order valence-electron chi connectivity index (χ3n) is 5.57. The highest BCUT2D eigenvalue weighted by atomic mass is 19.2. The van der Waals surface area contributed by atoms with E-state index >= 15 is 0 Å². The van der Waals surface area contributed by atoms with Crippen molar-refractivity contribution in [2.24, 2.45) is 0 Å². The molecule has 1 saturated heterocycles. The number of benzene rings is 1. The van der Waals surface area contributed by atoms with Crippen LogP contribution >= 0.6 is 0 Å². The zero-order chi connectivity index (χ0) is 23.4. The van der Waals surface area contributed by atoms with Gasteiger partial charge >= 0.3 is 0 Å². The Bertz CT molecular complexity index is 1220. The maximum atomic E-state index is 13.7. The molecule has 1 fully saturated rings. The summed E-state index contributed by atoms with van der Waals surface area (Å²) in [6, 6.07) is 8.85. The fourth-order valence-electron chi connectivity index (χ4n) is 3.70. The second-order valence-corrected chi connectivity index (χ2v) is 7.93. The minimum atomic E-state index is -1.18. The fourth-order valence-corrected chi connectivity index (χ4v) is 3.70. The number of halogens is 2. The predicted octanol–water partition coefficient (Wildman–Crippen LogP) is 4.20. The molecule has 1 aromatic carbocycles. The molecule has 9 heteroatoms. The predicted molar refractivity (Wildman–Crippen MR) is 123 cm³/mol. The Morgan fingerprint density at radius 1 is 1.24 bits per heavy atom. The summed E-state index contributed by atoms with van der Waals surface area (Å²) in [7, 11) is 0. The van der Waals surface area contributed by atoms with Crippen molar-refractivity contribution in [2.75, 3.05) is 26.2 Å². The molecule has 0 aliphatic carbocycles. The number of aromatic nitrogens is 4. The number of rotatable bonds is 8. The average molecular weight is 453 g/mol. The number of nitrogens with zero attached hydrogens (tertiary/aromatic N) is 4. The van der Waals surface area contributed by atoms with Crippen LogP contribution in [0.1, 0.15) is 24.1 Å². The number of aryl methyl sites for hydroxylation is 1. The Hall–Kier alpha value is -3.59. The molecule has 0 spiro atoms. The molecule has 172 valence electrons. The lowest BCUT2D eigenvalue weighted by Gasteiger charge is -2.15. The summed E-state index contributed by atoms with van der Waals surface area (Å²) in [6.45, 7) is 8.36. The Labute approximate surface area is 190 Å². The van der Waals surface area contributed by atoms with Gasteiger partial charge < -0.3 is 9.72 Å². The lowest BCUT2D eigenvalue weighted by Crippen LogP contribution is -2.25. The van der Waals surface area contributed by atoms with Crippen LogP contribution in [0.2, 0.25) is 0 Å². The Morgan fingerprint density at radius 2 is 1.97 bits per heavy atom. The van der Waals surface area contributed by atoms with E-state index in [2.05, 4.69) is 26.8 Å². The van der Waals surface area contributed by atoms with Gasteiger partial charge in [0.05, 0.1) is 17.4 Å². The second kappa shape index (κ2) is 9.91. The van der Waals surface area contributed by atoms with Crippen LogP contribution in [0, 0.1) is 6.92 Å². The number of allylic oxidation sites excluding steroid dienone is 2. The van der Waals surface area contributed by atoms with E-state index in [4.69, 9.17) is 4.74 Å². The number of likely N-dealkylation sites (tertiary alicyclic amines) is 1. The van der Waals surface area contributed by atoms with Crippen LogP contribution < -0.4 is 10.3 Å². The van der Waals surface area contributed by atoms with E-state index in [1.807, 2.05) is 24.3 Å². The summed E-state index contributed by atoms with van der Waals surface area (Å²) in [5, 5.41) is 8.17. The van der Waals surface area contributed by atoms with Crippen molar-refractivity contribution >= 4 is 6.08 Å². The molecule has 0 atom stereocenters. The number of H-pyrrole nitrogens is 1. The third kappa shape index (κ3) is 5.43. The van der Waals surface area contributed by atoms with Crippen molar-refractivity contribution < 1.29 is 13.5 Å². The summed E-state index contributed by atoms with van der Waals surface area (Å²) < 4.78 is 34.1. The van der Waals surface area contributed by atoms with Gasteiger partial charge in [-0.2, -0.15) is 0 Å². The molecular formula is C24H25F2N5O2. The maximum absolute atomic E-state index is 13.7. The summed E-state index contributed by atoms with van der Waals surface area (Å²) in [6.07, 6.45) is 5.09. The first kappa shape index (κ1) is 22.6. The lowest BCUT2D eigenvalue weighted by molar-refractivity contribution is 0.238. The van der Waals surface area contributed by atoms with Gasteiger partial charge in [-0.3, -0.25) is 9.69 Å². The molecular weight excluding hydrogens is 428 g/mol. The van der Waals surface area contributed by atoms with Gasteiger partial charge in [-0.05, 0) is 74.8 Å². The van der Waals surface area contributed by atoms with Crippen molar-refractivity contribution in [2.45, 2.75) is 19.8 Å². The van der Waals surface area contributed by atoms with Crippen molar-refractivity contribution in [3.63, 3.8) is 0 Å². The molecule has 0 unspecified atom stereocenters. The van der Waals surface area contributed by atoms with Crippen LogP contribution in [0.5, 0.6) is 5.75 Å². The molecule has 3 heterocycles. The van der Waals surface area contributed by atoms with Gasteiger partial charge in [-0.1, -0.05) is 11.8 Å². The fraction of sp³-hybridized carbons (Fsp3) is 0.292. The van der Waals surface area contributed by atoms with Gasteiger partial charge in [0, 0.05) is 12.2 Å². The smallest absolute Gasteiger partial charge is 0.257 e. The van der Waals surface area contributed by atoms with Crippen LogP contribution in [0.25, 0.3) is 23.0 Å². The van der Waals surface area contributed by atoms with E-state index < -0.39 is 17.2 Å². The van der Waals surface area contributed by atoms with E-state index in [0.29, 0.717) is 23.6 Å². The highest BCUT2D eigenvalue weighted by Crippen LogP contribution is 2.22. The third-order valence-corrected chi connectivity index (χ3v) is 5.57. The quantitative estimate of drug-likeness (QED) is 0.518. The van der Waals surface area contributed by atoms with Gasteiger partial charge in [-0.15, -0.1) is 5.10 Å². The summed E-state index contributed by atoms with van der Waals surface area (Å²) in [4.78, 5) is 17.5. The number of aromatic amines is 1. The van der Waals surface area contributed by atoms with Gasteiger partial charge in [-0.25, -0.2) is 13.5 Å². The van der Waals surface area contributed by atoms with E-state index in [0.717, 1.165) is 37.1 Å². The number of ether oxygens (including phenoxy) is 1. The van der Waals surface area contributed by atoms with Gasteiger partial charge in [0.1, 0.15) is 18.1 Å². The zero-order valence-electron chi connectivity index (χ0n) is 18.4. The van der Waals surface area contributed by atoms with E-state index in [-0.39, 0.29) is 5.56 Å². The molecule has 0 amide bonds. The molecule has 1 aliphatic rings. The van der Waals surface area contributed by atoms with Crippen LogP contribution in [-0.2, 0) is 0 Å². The van der Waals surface area contributed by atoms with E-state index in [1.54, 1.807) is 13.1 Å². The highest BCUT2D eigenvalue weighted by Gasteiger charge is 2.13. The minimum Gasteiger partial charge on any atom is -0.492 e. The van der Waals surface area contributed by atoms with Crippen LogP contribution in [0.4, 0.5) is 8.78 Å². The first-order chi connectivity index (χ1) is 15.9. The number of hydrogen-bond acceptors (Lipinski definition) is 5. The standard InChI is InChI=1S/C24H25F2N5O2/c1-16(25)22(26)14-18-13-21(24(32)27-17(18)2)23-15-31(29-28-23)19-5-7-20(8-6-19)33-12-11-30-9-3-4-10-30/h5-8,13-15H,1,3-4,9-12H2,2H3,(H,27,32)/b22-14+. The van der Waals surface area contributed by atoms with Crippen LogP contribution in [0.3, 0.4) is 0 Å². The van der Waals surface area contributed by atoms with Crippen LogP contribution in [0.15, 0.2) is 59.6 Å². The molecule has 7 nitrogen and oxygen atoms in total. The summed E-state index contributed by atoms with van der Waals surface area (Å²) in [5.41, 5.74) is 1.54. The van der Waals surface area contributed by atoms with Crippen molar-refractivity contribution in [3.05, 3.63) is 76.4 Å². The second-order valence-electron chi connectivity index (χ2n) is 7.93. The minimum absolute atomic E-state index is 0.192. The van der Waals surface area contributed by atoms with Gasteiger partial charge in [0.15, 0.2) is 11.7 Å². The number of pyridine rings is 1. The monoisotopic (exact) mass is 453 g/mol. The Kier molecular flexibility index (Phi) is 6.79. The molecule has 2 aromatic heterocycles. The molecule has 0 bridgehead atoms. The Balaban J connectivity index is 1.49. The lowest BCUT2D eigenvalue weighted by atomic mass is 10.1. The Morgan fingerprint density at radius 3 is 2.67 bits per heavy atom. The normalized spacial score (nSPS) is 14.6. The van der Waals surface area contributed by atoms with Crippen molar-refractivity contribution in [1.29, 1.82) is 0 Å². The van der Waals surface area contributed by atoms with Gasteiger partial charge in [0.25, 0.3) is 5.56 Å². The summed E-state index contributed by atoms with van der Waals surface area (Å²) in [5.74, 6) is -1.53. The molecule has 1 N–H and O–H groups in total. The SMILES string of the molecule is C=C(F)/C(F)=C\c1cc(-c2cn(-c3ccc(OCCN4CCCC4)cc3)nn2)c(=O)[nH]c1C. The molecule has 0 saturated carbocycles. The average Bonchev–Trinajstić information content (AvgIpc) is 3.48. The van der Waals surface area contributed by atoms with Crippen LogP contribution in [-0.4, -0.2) is 51.1 Å². The van der Waals surface area contributed by atoms with E-state index in [1.165, 1.54) is 23.6 Å². The maximum Gasteiger partial charge on any atom is 0.257 e. The number of hydrogen-bond donors (Lipinski definition) is 1. The molecule has 0 radical (unpaired) electrons. The molecule has 1 aliphatic heterocycles. The molecule has 33 heavy (non-hydrogen) atoms.